The van der Waals surface area contributed by atoms with Crippen molar-refractivity contribution >= 4 is 27.7 Å². The van der Waals surface area contributed by atoms with Gasteiger partial charge < -0.3 is 10.6 Å². The fourth-order valence-corrected chi connectivity index (χ4v) is 2.18. The number of hydrogen-bond donors (Lipinski definition) is 2. The van der Waals surface area contributed by atoms with Gasteiger partial charge in [-0.05, 0) is 23.8 Å². The lowest BCUT2D eigenvalue weighted by atomic mass is 10.1. The van der Waals surface area contributed by atoms with Crippen molar-refractivity contribution in [2.75, 3.05) is 6.54 Å². The number of hydrogen-bond acceptors (Lipinski definition) is 2. The zero-order valence-electron chi connectivity index (χ0n) is 9.50. The second-order valence-electron chi connectivity index (χ2n) is 4.16. The molecule has 6 heteroatoms. The van der Waals surface area contributed by atoms with E-state index in [0.29, 0.717) is 12.1 Å². The number of carbonyl (C=O) groups is 2. The molecule has 1 heterocycles. The zero-order valence-corrected chi connectivity index (χ0v) is 11.1. The Morgan fingerprint density at radius 2 is 2.33 bits per heavy atom. The summed E-state index contributed by atoms with van der Waals surface area (Å²) in [5.74, 6) is -0.975. The molecule has 0 spiro atoms. The lowest BCUT2D eigenvalue weighted by molar-refractivity contribution is -0.126. The second-order valence-corrected chi connectivity index (χ2v) is 5.01. The van der Waals surface area contributed by atoms with Gasteiger partial charge in [0, 0.05) is 24.0 Å². The Bertz CT molecular complexity index is 493. The molecule has 1 aromatic rings. The predicted molar refractivity (Wildman–Crippen MR) is 67.1 cm³/mol. The molecule has 4 nitrogen and oxygen atoms in total. The molecule has 2 rings (SSSR count). The van der Waals surface area contributed by atoms with Crippen LogP contribution in [0.4, 0.5) is 4.39 Å². The minimum Gasteiger partial charge on any atom is -0.355 e. The number of amides is 2. The molecule has 2 amide bonds. The summed E-state index contributed by atoms with van der Waals surface area (Å²) in [4.78, 5) is 22.7. The maximum atomic E-state index is 13.0. The minimum absolute atomic E-state index is 0.109. The number of carbonyl (C=O) groups excluding carboxylic acids is 2. The summed E-state index contributed by atoms with van der Waals surface area (Å²) in [5, 5.41) is 5.30. The van der Waals surface area contributed by atoms with Gasteiger partial charge in [0.05, 0.1) is 5.92 Å². The summed E-state index contributed by atoms with van der Waals surface area (Å²) < 4.78 is 13.8. The van der Waals surface area contributed by atoms with Gasteiger partial charge in [-0.2, -0.15) is 0 Å². The molecule has 2 N–H and O–H groups in total. The van der Waals surface area contributed by atoms with Gasteiger partial charge in [-0.25, -0.2) is 4.39 Å². The first-order valence-electron chi connectivity index (χ1n) is 5.54. The van der Waals surface area contributed by atoms with Crippen molar-refractivity contribution in [2.45, 2.75) is 13.0 Å². The average Bonchev–Trinajstić information content (AvgIpc) is 2.77. The van der Waals surface area contributed by atoms with Crippen molar-refractivity contribution in [1.82, 2.24) is 10.6 Å². The normalized spacial score (nSPS) is 18.6. The maximum Gasteiger partial charge on any atom is 0.225 e. The van der Waals surface area contributed by atoms with E-state index in [2.05, 4.69) is 26.6 Å². The Labute approximate surface area is 112 Å². The van der Waals surface area contributed by atoms with Crippen LogP contribution < -0.4 is 10.6 Å². The molecule has 1 fully saturated rings. The van der Waals surface area contributed by atoms with Gasteiger partial charge >= 0.3 is 0 Å². The van der Waals surface area contributed by atoms with Gasteiger partial charge in [0.2, 0.25) is 11.8 Å². The van der Waals surface area contributed by atoms with E-state index >= 15 is 0 Å². The number of benzene rings is 1. The van der Waals surface area contributed by atoms with Gasteiger partial charge in [0.25, 0.3) is 0 Å². The third-order valence-corrected chi connectivity index (χ3v) is 3.58. The first kappa shape index (κ1) is 13.0. The van der Waals surface area contributed by atoms with Crippen LogP contribution in [-0.4, -0.2) is 18.4 Å². The van der Waals surface area contributed by atoms with E-state index in [1.807, 2.05) is 0 Å². The molecule has 0 bridgehead atoms. The Balaban J connectivity index is 1.93. The summed E-state index contributed by atoms with van der Waals surface area (Å²) >= 11 is 3.29. The molecule has 1 atom stereocenters. The van der Waals surface area contributed by atoms with Gasteiger partial charge in [-0.1, -0.05) is 15.9 Å². The lowest BCUT2D eigenvalue weighted by Crippen LogP contribution is -2.31. The molecule has 18 heavy (non-hydrogen) atoms. The molecule has 96 valence electrons. The highest BCUT2D eigenvalue weighted by Gasteiger charge is 2.27. The fraction of sp³-hybridized carbons (Fsp3) is 0.333. The molecule has 1 aromatic carbocycles. The van der Waals surface area contributed by atoms with Crippen molar-refractivity contribution in [3.8, 4) is 0 Å². The highest BCUT2D eigenvalue weighted by molar-refractivity contribution is 9.10. The standard InChI is InChI=1S/C12H12BrFN2O2/c13-10-2-1-9(14)3-7(10)5-16-12(18)8-4-11(17)15-6-8/h1-3,8H,4-6H2,(H,15,17)(H,16,18). The second kappa shape index (κ2) is 5.48. The van der Waals surface area contributed by atoms with Crippen molar-refractivity contribution in [3.63, 3.8) is 0 Å². The highest BCUT2D eigenvalue weighted by atomic mass is 79.9. The van der Waals surface area contributed by atoms with Crippen LogP contribution in [0.15, 0.2) is 22.7 Å². The smallest absolute Gasteiger partial charge is 0.225 e. The fourth-order valence-electron chi connectivity index (χ4n) is 1.80. The minimum atomic E-state index is -0.347. The molecule has 1 unspecified atom stereocenters. The van der Waals surface area contributed by atoms with Crippen molar-refractivity contribution in [1.29, 1.82) is 0 Å². The molecule has 0 aliphatic carbocycles. The monoisotopic (exact) mass is 314 g/mol. The molecular formula is C12H12BrFN2O2. The number of halogens is 2. The Morgan fingerprint density at radius 1 is 1.56 bits per heavy atom. The Morgan fingerprint density at radius 3 is 3.00 bits per heavy atom. The van der Waals surface area contributed by atoms with Gasteiger partial charge in [-0.3, -0.25) is 9.59 Å². The predicted octanol–water partition coefficient (Wildman–Crippen LogP) is 1.34. The SMILES string of the molecule is O=C1CC(C(=O)NCc2cc(F)ccc2Br)CN1. The van der Waals surface area contributed by atoms with Crippen LogP contribution in [0.25, 0.3) is 0 Å². The van der Waals surface area contributed by atoms with Crippen LogP contribution in [0.2, 0.25) is 0 Å². The molecule has 1 aliphatic rings. The third kappa shape index (κ3) is 3.07. The van der Waals surface area contributed by atoms with E-state index in [9.17, 15) is 14.0 Å². The van der Waals surface area contributed by atoms with E-state index < -0.39 is 0 Å². The summed E-state index contributed by atoms with van der Waals surface area (Å²) in [5.41, 5.74) is 0.667. The van der Waals surface area contributed by atoms with Crippen LogP contribution in [-0.2, 0) is 16.1 Å². The van der Waals surface area contributed by atoms with Crippen LogP contribution in [0.5, 0.6) is 0 Å². The largest absolute Gasteiger partial charge is 0.355 e. The maximum absolute atomic E-state index is 13.0. The number of rotatable bonds is 3. The summed E-state index contributed by atoms with van der Waals surface area (Å²) in [6, 6.07) is 4.30. The van der Waals surface area contributed by atoms with Gasteiger partial charge in [0.1, 0.15) is 5.82 Å². The number of nitrogens with one attached hydrogen (secondary N) is 2. The topological polar surface area (TPSA) is 58.2 Å². The molecular weight excluding hydrogens is 303 g/mol. The zero-order chi connectivity index (χ0) is 13.1. The van der Waals surface area contributed by atoms with Crippen LogP contribution in [0.1, 0.15) is 12.0 Å². The van der Waals surface area contributed by atoms with Crippen LogP contribution >= 0.6 is 15.9 Å². The molecule has 0 saturated carbocycles. The Hall–Kier alpha value is -1.43. The molecule has 0 radical (unpaired) electrons. The van der Waals surface area contributed by atoms with Crippen LogP contribution in [0.3, 0.4) is 0 Å². The average molecular weight is 315 g/mol. The van der Waals surface area contributed by atoms with Crippen molar-refractivity contribution < 1.29 is 14.0 Å². The first-order valence-corrected chi connectivity index (χ1v) is 6.34. The van der Waals surface area contributed by atoms with E-state index in [0.717, 1.165) is 4.47 Å². The van der Waals surface area contributed by atoms with E-state index in [4.69, 9.17) is 0 Å². The molecule has 1 aliphatic heterocycles. The Kier molecular flexibility index (Phi) is 3.96. The van der Waals surface area contributed by atoms with E-state index in [-0.39, 0.29) is 36.5 Å². The van der Waals surface area contributed by atoms with E-state index in [1.165, 1.54) is 12.1 Å². The summed E-state index contributed by atoms with van der Waals surface area (Å²) in [6.45, 7) is 0.608. The van der Waals surface area contributed by atoms with Gasteiger partial charge in [0.15, 0.2) is 0 Å². The van der Waals surface area contributed by atoms with Crippen molar-refractivity contribution in [3.05, 3.63) is 34.1 Å². The van der Waals surface area contributed by atoms with Gasteiger partial charge in [-0.15, -0.1) is 0 Å². The third-order valence-electron chi connectivity index (χ3n) is 2.81. The van der Waals surface area contributed by atoms with Crippen LogP contribution in [0, 0.1) is 11.7 Å². The molecule has 0 aromatic heterocycles. The van der Waals surface area contributed by atoms with Crippen molar-refractivity contribution in [2.24, 2.45) is 5.92 Å². The first-order chi connectivity index (χ1) is 8.56. The quantitative estimate of drug-likeness (QED) is 0.884. The molecule has 1 saturated heterocycles. The lowest BCUT2D eigenvalue weighted by Gasteiger charge is -2.10. The van der Waals surface area contributed by atoms with E-state index in [1.54, 1.807) is 6.07 Å². The summed E-state index contributed by atoms with van der Waals surface area (Å²) in [6.07, 6.45) is 0.218. The summed E-state index contributed by atoms with van der Waals surface area (Å²) in [7, 11) is 0. The highest BCUT2D eigenvalue weighted by Crippen LogP contribution is 2.18.